The minimum Gasteiger partial charge on any atom is -0.478 e. The second-order valence-electron chi connectivity index (χ2n) is 6.72. The molecule has 2 aliphatic rings. The van der Waals surface area contributed by atoms with Gasteiger partial charge in [0, 0.05) is 17.1 Å². The molecule has 0 radical (unpaired) electrons. The van der Waals surface area contributed by atoms with Gasteiger partial charge in [-0.15, -0.1) is 0 Å². The van der Waals surface area contributed by atoms with Crippen molar-refractivity contribution in [3.63, 3.8) is 0 Å². The predicted octanol–water partition coefficient (Wildman–Crippen LogP) is 4.34. The van der Waals surface area contributed by atoms with E-state index < -0.39 is 5.97 Å². The van der Waals surface area contributed by atoms with Gasteiger partial charge < -0.3 is 9.84 Å². The molecule has 1 N–H and O–H groups in total. The number of rotatable bonds is 1. The van der Waals surface area contributed by atoms with Crippen LogP contribution >= 0.6 is 0 Å². The van der Waals surface area contributed by atoms with Crippen molar-refractivity contribution in [2.24, 2.45) is 5.92 Å². The van der Waals surface area contributed by atoms with Crippen LogP contribution in [-0.4, -0.2) is 23.1 Å². The van der Waals surface area contributed by atoms with Crippen molar-refractivity contribution in [1.82, 2.24) is 0 Å². The summed E-state index contributed by atoms with van der Waals surface area (Å²) in [5.74, 6) is -1.10. The van der Waals surface area contributed by atoms with E-state index in [1.165, 1.54) is 5.57 Å². The molecule has 1 aliphatic carbocycles. The van der Waals surface area contributed by atoms with Crippen molar-refractivity contribution in [3.05, 3.63) is 47.1 Å². The number of hydrogen-bond acceptors (Lipinski definition) is 3. The van der Waals surface area contributed by atoms with Gasteiger partial charge in [0.15, 0.2) is 0 Å². The number of fused-ring (bicyclic) bond motifs is 1. The quantitative estimate of drug-likeness (QED) is 0.441. The number of hydrogen-bond donors (Lipinski definition) is 1. The molecule has 2 rings (SSSR count). The van der Waals surface area contributed by atoms with Crippen molar-refractivity contribution in [3.8, 4) is 0 Å². The first-order valence-electron chi connectivity index (χ1n) is 8.53. The lowest BCUT2D eigenvalue weighted by Crippen LogP contribution is -2.15. The van der Waals surface area contributed by atoms with Gasteiger partial charge in [0.1, 0.15) is 6.10 Å². The molecule has 2 atom stereocenters. The average molecular weight is 330 g/mol. The van der Waals surface area contributed by atoms with Gasteiger partial charge in [0.25, 0.3) is 0 Å². The molecule has 1 heterocycles. The number of carboxylic acid groups (broad SMARTS) is 1. The van der Waals surface area contributed by atoms with E-state index in [0.29, 0.717) is 24.0 Å². The summed E-state index contributed by atoms with van der Waals surface area (Å²) in [7, 11) is 0. The topological polar surface area (TPSA) is 63.6 Å². The van der Waals surface area contributed by atoms with Crippen molar-refractivity contribution >= 4 is 11.9 Å². The predicted molar refractivity (Wildman–Crippen MR) is 93.4 cm³/mol. The van der Waals surface area contributed by atoms with Crippen molar-refractivity contribution in [2.75, 3.05) is 0 Å². The Balaban J connectivity index is 2.23. The zero-order valence-corrected chi connectivity index (χ0v) is 14.5. The average Bonchev–Trinajstić information content (AvgIpc) is 2.77. The van der Waals surface area contributed by atoms with Crippen LogP contribution in [-0.2, 0) is 14.3 Å². The standard InChI is InChI=1S/C20H26O4/c1-13-6-4-8-16(19(21)22)9-5-7-14(2)12-18-17(11-10-13)15(3)20(23)24-18/h6,9,12,17-18H,3-5,7-8,10-11H2,1-2H3,(H,21,22)/b13-6?,14-12+,16-9?/t17-,18-/m0/s1. The number of carbonyl (C=O) groups excluding carboxylic acids is 1. The summed E-state index contributed by atoms with van der Waals surface area (Å²) in [5, 5.41) is 9.29. The molecule has 0 aromatic carbocycles. The zero-order chi connectivity index (χ0) is 17.7. The maximum atomic E-state index is 11.8. The molecule has 0 aromatic heterocycles. The van der Waals surface area contributed by atoms with E-state index in [2.05, 4.69) is 12.7 Å². The van der Waals surface area contributed by atoms with E-state index >= 15 is 0 Å². The number of esters is 1. The second kappa shape index (κ2) is 8.13. The first-order valence-corrected chi connectivity index (χ1v) is 8.53. The van der Waals surface area contributed by atoms with Gasteiger partial charge in [0.2, 0.25) is 0 Å². The van der Waals surface area contributed by atoms with Gasteiger partial charge in [-0.3, -0.25) is 0 Å². The highest BCUT2D eigenvalue weighted by atomic mass is 16.5. The van der Waals surface area contributed by atoms with E-state index in [0.717, 1.165) is 31.3 Å². The van der Waals surface area contributed by atoms with Crippen molar-refractivity contribution < 1.29 is 19.4 Å². The largest absolute Gasteiger partial charge is 0.478 e. The molecule has 24 heavy (non-hydrogen) atoms. The van der Waals surface area contributed by atoms with Gasteiger partial charge in [-0.1, -0.05) is 29.9 Å². The monoisotopic (exact) mass is 330 g/mol. The number of carbonyl (C=O) groups is 2. The smallest absolute Gasteiger partial charge is 0.334 e. The van der Waals surface area contributed by atoms with Crippen LogP contribution in [0.3, 0.4) is 0 Å². The first-order chi connectivity index (χ1) is 11.4. The molecule has 1 saturated heterocycles. The molecule has 0 saturated carbocycles. The Hall–Kier alpha value is -2.10. The third-order valence-electron chi connectivity index (χ3n) is 4.76. The van der Waals surface area contributed by atoms with Crippen molar-refractivity contribution in [2.45, 2.75) is 58.5 Å². The third kappa shape index (κ3) is 4.70. The molecule has 0 unspecified atom stereocenters. The van der Waals surface area contributed by atoms with E-state index in [1.807, 2.05) is 26.0 Å². The van der Waals surface area contributed by atoms with Crippen molar-refractivity contribution in [1.29, 1.82) is 0 Å². The molecule has 1 fully saturated rings. The lowest BCUT2D eigenvalue weighted by atomic mass is 9.89. The fraction of sp³-hybridized carbons (Fsp3) is 0.500. The lowest BCUT2D eigenvalue weighted by molar-refractivity contribution is -0.137. The molecule has 4 nitrogen and oxygen atoms in total. The molecular formula is C20H26O4. The van der Waals surface area contributed by atoms with Gasteiger partial charge in [-0.05, 0) is 58.4 Å². The second-order valence-corrected chi connectivity index (χ2v) is 6.72. The Morgan fingerprint density at radius 1 is 1.17 bits per heavy atom. The number of allylic oxidation sites excluding steroid dienone is 4. The van der Waals surface area contributed by atoms with Crippen LogP contribution in [0.1, 0.15) is 52.4 Å². The minimum atomic E-state index is -0.837. The summed E-state index contributed by atoms with van der Waals surface area (Å²) in [5.41, 5.74) is 3.36. The molecule has 0 spiro atoms. The van der Waals surface area contributed by atoms with Crippen LogP contribution in [0.4, 0.5) is 0 Å². The van der Waals surface area contributed by atoms with Gasteiger partial charge >= 0.3 is 11.9 Å². The highest BCUT2D eigenvalue weighted by molar-refractivity contribution is 5.91. The van der Waals surface area contributed by atoms with Gasteiger partial charge in [-0.25, -0.2) is 9.59 Å². The van der Waals surface area contributed by atoms with Crippen LogP contribution < -0.4 is 0 Å². The maximum absolute atomic E-state index is 11.8. The fourth-order valence-electron chi connectivity index (χ4n) is 3.21. The summed E-state index contributed by atoms with van der Waals surface area (Å²) in [4.78, 5) is 23.2. The van der Waals surface area contributed by atoms with E-state index in [9.17, 15) is 14.7 Å². The molecule has 0 amide bonds. The Labute approximate surface area is 143 Å². The summed E-state index contributed by atoms with van der Waals surface area (Å²) in [6.07, 6.45) is 10.1. The Morgan fingerprint density at radius 2 is 1.88 bits per heavy atom. The summed E-state index contributed by atoms with van der Waals surface area (Å²) in [6, 6.07) is 0. The SMILES string of the molecule is C=C1C(=O)O[C@H]2/C=C(\C)CCC=C(C(=O)O)CCC=C(C)CC[C@@H]12. The normalized spacial score (nSPS) is 28.7. The summed E-state index contributed by atoms with van der Waals surface area (Å²) < 4.78 is 5.46. The van der Waals surface area contributed by atoms with Crippen LogP contribution in [0.25, 0.3) is 0 Å². The van der Waals surface area contributed by atoms with Crippen LogP contribution in [0.15, 0.2) is 47.1 Å². The van der Waals surface area contributed by atoms with E-state index in [-0.39, 0.29) is 18.0 Å². The van der Waals surface area contributed by atoms with Crippen LogP contribution in [0.5, 0.6) is 0 Å². The Bertz CT molecular complexity index is 622. The molecule has 0 aromatic rings. The highest BCUT2D eigenvalue weighted by Crippen LogP contribution is 2.33. The fourth-order valence-corrected chi connectivity index (χ4v) is 3.21. The minimum absolute atomic E-state index is 0.0314. The number of carboxylic acids is 1. The molecule has 4 heteroatoms. The molecule has 1 aliphatic heterocycles. The lowest BCUT2D eigenvalue weighted by Gasteiger charge is -2.16. The van der Waals surface area contributed by atoms with Crippen LogP contribution in [0.2, 0.25) is 0 Å². The molecule has 130 valence electrons. The van der Waals surface area contributed by atoms with Crippen LogP contribution in [0, 0.1) is 5.92 Å². The zero-order valence-electron chi connectivity index (χ0n) is 14.5. The summed E-state index contributed by atoms with van der Waals surface area (Å²) in [6.45, 7) is 7.95. The first kappa shape index (κ1) is 18.2. The van der Waals surface area contributed by atoms with E-state index in [4.69, 9.17) is 4.74 Å². The summed E-state index contributed by atoms with van der Waals surface area (Å²) >= 11 is 0. The third-order valence-corrected chi connectivity index (χ3v) is 4.76. The van der Waals surface area contributed by atoms with E-state index in [1.54, 1.807) is 0 Å². The highest BCUT2D eigenvalue weighted by Gasteiger charge is 2.36. The molecular weight excluding hydrogens is 304 g/mol. The number of aliphatic carboxylic acids is 1. The Morgan fingerprint density at radius 3 is 2.58 bits per heavy atom. The van der Waals surface area contributed by atoms with Gasteiger partial charge in [0.05, 0.1) is 0 Å². The Kier molecular flexibility index (Phi) is 6.18. The van der Waals surface area contributed by atoms with Gasteiger partial charge in [-0.2, -0.15) is 0 Å². The maximum Gasteiger partial charge on any atom is 0.334 e. The molecule has 0 bridgehead atoms. The number of ether oxygens (including phenoxy) is 1.